The van der Waals surface area contributed by atoms with Crippen molar-refractivity contribution in [1.82, 2.24) is 10.2 Å². The SMILES string of the molecule is CCNC(=O)Nc1cccc(C2OC(CN(C)C(C)c3ccc4ccccc4c3)C(C)C(c3ccc(CO)cc3)O2)c1. The zero-order valence-electron chi connectivity index (χ0n) is 24.8. The van der Waals surface area contributed by atoms with Gasteiger partial charge in [-0.05, 0) is 66.6 Å². The predicted molar refractivity (Wildman–Crippen MR) is 167 cm³/mol. The Kier molecular flexibility index (Phi) is 9.55. The van der Waals surface area contributed by atoms with Crippen LogP contribution in [0.2, 0.25) is 0 Å². The van der Waals surface area contributed by atoms with E-state index in [1.807, 2.05) is 55.5 Å². The molecule has 1 saturated heterocycles. The molecule has 1 heterocycles. The Bertz CT molecular complexity index is 1490. The van der Waals surface area contributed by atoms with E-state index in [-0.39, 0.29) is 36.8 Å². The second kappa shape index (κ2) is 13.5. The van der Waals surface area contributed by atoms with Crippen LogP contribution in [0.4, 0.5) is 10.5 Å². The van der Waals surface area contributed by atoms with Crippen molar-refractivity contribution < 1.29 is 19.4 Å². The molecule has 0 spiro atoms. The Balaban J connectivity index is 1.40. The number of carbonyl (C=O) groups is 1. The number of aliphatic hydroxyl groups is 1. The number of anilines is 1. The van der Waals surface area contributed by atoms with E-state index in [0.717, 1.165) is 16.7 Å². The summed E-state index contributed by atoms with van der Waals surface area (Å²) < 4.78 is 13.3. The maximum absolute atomic E-state index is 12.2. The summed E-state index contributed by atoms with van der Waals surface area (Å²) in [4.78, 5) is 14.5. The van der Waals surface area contributed by atoms with Crippen LogP contribution in [0.3, 0.4) is 0 Å². The van der Waals surface area contributed by atoms with Gasteiger partial charge >= 0.3 is 6.03 Å². The Morgan fingerprint density at radius 3 is 2.43 bits per heavy atom. The van der Waals surface area contributed by atoms with Crippen LogP contribution in [0.15, 0.2) is 91.0 Å². The third-order valence-electron chi connectivity index (χ3n) is 8.26. The van der Waals surface area contributed by atoms with E-state index in [2.05, 4.69) is 78.9 Å². The molecule has 220 valence electrons. The monoisotopic (exact) mass is 567 g/mol. The fraction of sp³-hybridized carbons (Fsp3) is 0.343. The Morgan fingerprint density at radius 1 is 0.929 bits per heavy atom. The summed E-state index contributed by atoms with van der Waals surface area (Å²) in [6, 6.07) is 30.6. The smallest absolute Gasteiger partial charge is 0.319 e. The van der Waals surface area contributed by atoms with Crippen molar-refractivity contribution in [2.24, 2.45) is 5.92 Å². The minimum absolute atomic E-state index is 0.00141. The minimum Gasteiger partial charge on any atom is -0.392 e. The number of urea groups is 1. The van der Waals surface area contributed by atoms with E-state index in [9.17, 15) is 9.90 Å². The van der Waals surface area contributed by atoms with Crippen LogP contribution in [-0.4, -0.2) is 42.3 Å². The van der Waals surface area contributed by atoms with E-state index in [4.69, 9.17) is 9.47 Å². The number of rotatable bonds is 9. The Morgan fingerprint density at radius 2 is 1.69 bits per heavy atom. The molecule has 0 bridgehead atoms. The summed E-state index contributed by atoms with van der Waals surface area (Å²) in [6.07, 6.45) is -0.959. The lowest BCUT2D eigenvalue weighted by molar-refractivity contribution is -0.276. The molecule has 3 N–H and O–H groups in total. The molecular formula is C35H41N3O4. The molecule has 5 unspecified atom stereocenters. The van der Waals surface area contributed by atoms with Gasteiger partial charge < -0.3 is 25.2 Å². The molecule has 0 aliphatic carbocycles. The Labute approximate surface area is 248 Å². The summed E-state index contributed by atoms with van der Waals surface area (Å²) in [5.41, 5.74) is 4.67. The second-order valence-electron chi connectivity index (χ2n) is 11.2. The van der Waals surface area contributed by atoms with Crippen LogP contribution in [0.5, 0.6) is 0 Å². The molecule has 42 heavy (non-hydrogen) atoms. The Hall–Kier alpha value is -3.75. The summed E-state index contributed by atoms with van der Waals surface area (Å²) >= 11 is 0. The van der Waals surface area contributed by atoms with Crippen LogP contribution < -0.4 is 10.6 Å². The van der Waals surface area contributed by atoms with Crippen molar-refractivity contribution in [2.75, 3.05) is 25.5 Å². The standard InChI is InChI=1S/C35H41N3O4/c1-5-36-35(40)37-31-12-8-11-30(20-31)34-41-32(23(2)33(42-34)27-15-13-25(22-39)14-16-27)21-38(4)24(3)28-18-17-26-9-6-7-10-29(26)19-28/h6-20,23-24,32-34,39H,5,21-22H2,1-4H3,(H2,36,37,40). The van der Waals surface area contributed by atoms with E-state index in [1.165, 1.54) is 16.3 Å². The highest BCUT2D eigenvalue weighted by Crippen LogP contribution is 2.42. The van der Waals surface area contributed by atoms with Crippen LogP contribution in [0.1, 0.15) is 61.5 Å². The molecule has 0 saturated carbocycles. The summed E-state index contributed by atoms with van der Waals surface area (Å²) in [5.74, 6) is 0.0594. The molecule has 7 heteroatoms. The fourth-order valence-electron chi connectivity index (χ4n) is 5.59. The van der Waals surface area contributed by atoms with Crippen LogP contribution in [0, 0.1) is 5.92 Å². The van der Waals surface area contributed by atoms with Crippen molar-refractivity contribution >= 4 is 22.5 Å². The molecule has 1 aliphatic rings. The molecule has 2 amide bonds. The highest BCUT2D eigenvalue weighted by Gasteiger charge is 2.39. The highest BCUT2D eigenvalue weighted by atomic mass is 16.7. The van der Waals surface area contributed by atoms with E-state index < -0.39 is 6.29 Å². The molecule has 4 aromatic rings. The predicted octanol–water partition coefficient (Wildman–Crippen LogP) is 6.96. The van der Waals surface area contributed by atoms with Crippen molar-refractivity contribution in [1.29, 1.82) is 0 Å². The number of likely N-dealkylation sites (N-methyl/N-ethyl adjacent to an activating group) is 1. The number of nitrogens with one attached hydrogen (secondary N) is 2. The number of fused-ring (bicyclic) bond motifs is 1. The number of hydrogen-bond donors (Lipinski definition) is 3. The summed E-state index contributed by atoms with van der Waals surface area (Å²) in [7, 11) is 2.14. The lowest BCUT2D eigenvalue weighted by Gasteiger charge is -2.43. The van der Waals surface area contributed by atoms with Crippen molar-refractivity contribution in [3.63, 3.8) is 0 Å². The molecule has 0 radical (unpaired) electrons. The van der Waals surface area contributed by atoms with E-state index in [0.29, 0.717) is 18.8 Å². The van der Waals surface area contributed by atoms with Crippen molar-refractivity contribution in [2.45, 2.75) is 51.9 Å². The summed E-state index contributed by atoms with van der Waals surface area (Å²) in [5, 5.41) is 17.7. The number of aliphatic hydroxyl groups excluding tert-OH is 1. The number of amides is 2. The molecule has 5 atom stereocenters. The average Bonchev–Trinajstić information content (AvgIpc) is 3.01. The number of nitrogens with zero attached hydrogens (tertiary/aromatic N) is 1. The van der Waals surface area contributed by atoms with Gasteiger partial charge in [-0.2, -0.15) is 0 Å². The van der Waals surface area contributed by atoms with Gasteiger partial charge in [0.25, 0.3) is 0 Å². The van der Waals surface area contributed by atoms with Crippen molar-refractivity contribution in [3.05, 3.63) is 113 Å². The minimum atomic E-state index is -0.617. The molecule has 7 nitrogen and oxygen atoms in total. The van der Waals surface area contributed by atoms with Crippen LogP contribution >= 0.6 is 0 Å². The first-order chi connectivity index (χ1) is 20.4. The average molecular weight is 568 g/mol. The number of hydrogen-bond acceptors (Lipinski definition) is 5. The first-order valence-corrected chi connectivity index (χ1v) is 14.7. The lowest BCUT2D eigenvalue weighted by atomic mass is 9.89. The third kappa shape index (κ3) is 6.82. The normalized spacial score (nSPS) is 21.3. The largest absolute Gasteiger partial charge is 0.392 e. The molecule has 4 aromatic carbocycles. The van der Waals surface area contributed by atoms with Gasteiger partial charge in [0.05, 0.1) is 18.8 Å². The van der Waals surface area contributed by atoms with E-state index in [1.54, 1.807) is 0 Å². The molecule has 1 aliphatic heterocycles. The van der Waals surface area contributed by atoms with Gasteiger partial charge in [-0.25, -0.2) is 4.79 Å². The van der Waals surface area contributed by atoms with Crippen LogP contribution in [-0.2, 0) is 16.1 Å². The first kappa shape index (κ1) is 29.7. The van der Waals surface area contributed by atoms with Crippen LogP contribution in [0.25, 0.3) is 10.8 Å². The maximum Gasteiger partial charge on any atom is 0.319 e. The fourth-order valence-corrected chi connectivity index (χ4v) is 5.59. The quantitative estimate of drug-likeness (QED) is 0.204. The van der Waals surface area contributed by atoms with Gasteiger partial charge in [0.1, 0.15) is 0 Å². The first-order valence-electron chi connectivity index (χ1n) is 14.7. The highest BCUT2D eigenvalue weighted by molar-refractivity contribution is 5.89. The summed E-state index contributed by atoms with van der Waals surface area (Å²) in [6.45, 7) is 7.53. The third-order valence-corrected chi connectivity index (χ3v) is 8.26. The van der Waals surface area contributed by atoms with Crippen molar-refractivity contribution in [3.8, 4) is 0 Å². The van der Waals surface area contributed by atoms with Gasteiger partial charge in [0.15, 0.2) is 6.29 Å². The zero-order chi connectivity index (χ0) is 29.6. The van der Waals surface area contributed by atoms with Gasteiger partial charge in [-0.1, -0.05) is 79.7 Å². The zero-order valence-corrected chi connectivity index (χ0v) is 24.8. The number of ether oxygens (including phenoxy) is 2. The molecular weight excluding hydrogens is 526 g/mol. The number of carbonyl (C=O) groups excluding carboxylic acids is 1. The maximum atomic E-state index is 12.2. The van der Waals surface area contributed by atoms with Gasteiger partial charge in [0.2, 0.25) is 0 Å². The number of benzene rings is 4. The molecule has 5 rings (SSSR count). The topological polar surface area (TPSA) is 83.1 Å². The van der Waals surface area contributed by atoms with Gasteiger partial charge in [0, 0.05) is 36.3 Å². The second-order valence-corrected chi connectivity index (χ2v) is 11.2. The molecule has 0 aromatic heterocycles. The van der Waals surface area contributed by atoms with Gasteiger partial charge in [-0.3, -0.25) is 4.90 Å². The van der Waals surface area contributed by atoms with E-state index >= 15 is 0 Å². The van der Waals surface area contributed by atoms with Gasteiger partial charge in [-0.15, -0.1) is 0 Å². The lowest BCUT2D eigenvalue weighted by Crippen LogP contribution is -2.44. The molecule has 1 fully saturated rings.